The van der Waals surface area contributed by atoms with Crippen molar-refractivity contribution in [2.45, 2.75) is 10.8 Å². The van der Waals surface area contributed by atoms with Gasteiger partial charge in [-0.05, 0) is 155 Å². The second kappa shape index (κ2) is 19.7. The summed E-state index contributed by atoms with van der Waals surface area (Å²) >= 11 is 3.81. The van der Waals surface area contributed by atoms with Crippen LogP contribution in [0.2, 0.25) is 0 Å². The number of hydrogen-bond acceptors (Lipinski definition) is 8. The largest absolute Gasteiger partial charge is 0.456 e. The Bertz CT molecular complexity index is 5010. The lowest BCUT2D eigenvalue weighted by atomic mass is 9.53. The molecule has 1 aliphatic carbocycles. The Morgan fingerprint density at radius 3 is 0.944 bits per heavy atom. The molecule has 8 heteroatoms. The van der Waals surface area contributed by atoms with Crippen LogP contribution in [0.5, 0.6) is 0 Å². The minimum absolute atomic E-state index is 0.841. The predicted octanol–water partition coefficient (Wildman–Crippen LogP) is 23.2. The lowest BCUT2D eigenvalue weighted by molar-refractivity contribution is 0.634. The highest BCUT2D eigenvalue weighted by Gasteiger charge is 2.61. The van der Waals surface area contributed by atoms with Crippen LogP contribution in [-0.2, 0) is 10.8 Å². The molecule has 12 aromatic carbocycles. The van der Waals surface area contributed by atoms with Gasteiger partial charge in [0.2, 0.25) is 0 Å². The van der Waals surface area contributed by atoms with E-state index in [0.29, 0.717) is 0 Å². The average molecular weight is 1190 g/mol. The molecule has 3 aliphatic rings. The van der Waals surface area contributed by atoms with Gasteiger partial charge in [-0.15, -0.1) is 22.7 Å². The molecule has 16 aromatic rings. The number of thiophene rings is 2. The molecule has 424 valence electrons. The summed E-state index contributed by atoms with van der Waals surface area (Å²) in [6.45, 7) is 0. The van der Waals surface area contributed by atoms with Crippen molar-refractivity contribution in [3.05, 3.63) is 359 Å². The second-order valence-corrected chi connectivity index (χ2v) is 25.5. The van der Waals surface area contributed by atoms with E-state index in [-0.39, 0.29) is 0 Å². The fraction of sp³-hybridized carbons (Fsp3) is 0.0244. The molecular weight excluding hydrogens is 1140 g/mol. The second-order valence-electron chi connectivity index (χ2n) is 23.5. The van der Waals surface area contributed by atoms with Crippen molar-refractivity contribution in [1.29, 1.82) is 0 Å². The number of anilines is 12. The van der Waals surface area contributed by atoms with Gasteiger partial charge in [0.05, 0.1) is 45.0 Å². The highest BCUT2D eigenvalue weighted by atomic mass is 32.1. The molecule has 90 heavy (non-hydrogen) atoms. The van der Waals surface area contributed by atoms with E-state index < -0.39 is 10.8 Å². The first-order valence-corrected chi connectivity index (χ1v) is 32.2. The van der Waals surface area contributed by atoms with Gasteiger partial charge < -0.3 is 28.4 Å². The molecular formula is C82H52N4O2S2. The fourth-order valence-electron chi connectivity index (χ4n) is 15.3. The van der Waals surface area contributed by atoms with Gasteiger partial charge in [0.1, 0.15) is 32.3 Å². The van der Waals surface area contributed by atoms with E-state index in [9.17, 15) is 0 Å². The number of benzene rings is 12. The Morgan fingerprint density at radius 1 is 0.256 bits per heavy atom. The highest BCUT2D eigenvalue weighted by Crippen LogP contribution is 2.72. The lowest BCUT2D eigenvalue weighted by Gasteiger charge is -2.53. The summed E-state index contributed by atoms with van der Waals surface area (Å²) in [6.07, 6.45) is 0. The zero-order valence-corrected chi connectivity index (χ0v) is 50.1. The van der Waals surface area contributed by atoms with Crippen molar-refractivity contribution >= 4 is 133 Å². The normalized spacial score (nSPS) is 13.9. The minimum Gasteiger partial charge on any atom is -0.456 e. The summed E-state index contributed by atoms with van der Waals surface area (Å²) in [5.41, 5.74) is 19.7. The van der Waals surface area contributed by atoms with Crippen LogP contribution >= 0.6 is 22.7 Å². The van der Waals surface area contributed by atoms with Gasteiger partial charge in [0.15, 0.2) is 0 Å². The van der Waals surface area contributed by atoms with Crippen LogP contribution in [0, 0.1) is 0 Å². The van der Waals surface area contributed by atoms with Gasteiger partial charge in [-0.25, -0.2) is 0 Å². The first-order chi connectivity index (χ1) is 44.6. The van der Waals surface area contributed by atoms with Crippen LogP contribution in [0.1, 0.15) is 43.1 Å². The summed E-state index contributed by atoms with van der Waals surface area (Å²) in [6, 6.07) is 116. The van der Waals surface area contributed by atoms with Gasteiger partial charge in [-0.1, -0.05) is 182 Å². The molecule has 6 heterocycles. The van der Waals surface area contributed by atoms with Crippen molar-refractivity contribution in [1.82, 2.24) is 0 Å². The summed E-state index contributed by atoms with van der Waals surface area (Å²) in [5, 5.41) is 6.55. The van der Waals surface area contributed by atoms with Gasteiger partial charge >= 0.3 is 0 Å². The van der Waals surface area contributed by atoms with E-state index in [1.54, 1.807) is 0 Å². The van der Waals surface area contributed by atoms with E-state index in [4.69, 9.17) is 8.83 Å². The quantitative estimate of drug-likeness (QED) is 0.151. The van der Waals surface area contributed by atoms with E-state index in [1.165, 1.54) is 43.1 Å². The summed E-state index contributed by atoms with van der Waals surface area (Å²) in [4.78, 5) is 12.4. The third-order valence-electron chi connectivity index (χ3n) is 18.9. The number of fused-ring (bicyclic) bond motifs is 20. The van der Waals surface area contributed by atoms with Crippen LogP contribution in [0.4, 0.5) is 66.9 Å². The highest BCUT2D eigenvalue weighted by molar-refractivity contribution is 7.18. The number of rotatable bonds is 8. The van der Waals surface area contributed by atoms with Crippen LogP contribution in [-0.4, -0.2) is 0 Å². The Kier molecular flexibility index (Phi) is 11.1. The van der Waals surface area contributed by atoms with E-state index in [2.05, 4.69) is 323 Å². The summed E-state index contributed by atoms with van der Waals surface area (Å²) in [7, 11) is 0. The third-order valence-corrected chi connectivity index (χ3v) is 21.3. The maximum absolute atomic E-state index is 6.75. The standard InChI is InChI=1S/C82H52N4O2S2/c1-5-25-53(26-6-1)83(57-45-47-61-59-33-13-23-43-73(59)87-75(61)49-57)77-51-67-79(89-77)82(65-37-17-21-41-71(65)86(56-31-11-4-12-32-56)72-42-22-18-38-66(72)82)68-52-78(84(54-27-7-2-8-28-54)58-46-48-62-60-34-14-24-44-74(60)88-76(62)50-58)90-80(68)81(67)63-35-15-19-39-69(63)85(55-29-9-3-10-30-55)70-40-20-16-36-64(70)81/h1-52H. The monoisotopic (exact) mass is 1190 g/mol. The number of hydrogen-bond donors (Lipinski definition) is 0. The first-order valence-electron chi connectivity index (χ1n) is 30.6. The Hall–Kier alpha value is -11.2. The van der Waals surface area contributed by atoms with Crippen molar-refractivity contribution in [3.63, 3.8) is 0 Å². The Balaban J connectivity index is 0.977. The fourth-order valence-corrected chi connectivity index (χ4v) is 18.3. The Morgan fingerprint density at radius 2 is 0.567 bits per heavy atom. The molecule has 0 saturated carbocycles. The Labute approximate surface area is 527 Å². The van der Waals surface area contributed by atoms with E-state index in [1.807, 2.05) is 34.8 Å². The molecule has 6 nitrogen and oxygen atoms in total. The molecule has 2 spiro atoms. The number of nitrogens with zero attached hydrogens (tertiary/aromatic N) is 4. The van der Waals surface area contributed by atoms with E-state index >= 15 is 0 Å². The molecule has 0 bridgehead atoms. The van der Waals surface area contributed by atoms with Crippen molar-refractivity contribution in [2.75, 3.05) is 19.6 Å². The van der Waals surface area contributed by atoms with Gasteiger partial charge in [-0.2, -0.15) is 0 Å². The van der Waals surface area contributed by atoms with Crippen LogP contribution < -0.4 is 19.6 Å². The number of furan rings is 2. The maximum atomic E-state index is 6.75. The topological polar surface area (TPSA) is 39.2 Å². The lowest BCUT2D eigenvalue weighted by Crippen LogP contribution is -2.47. The molecule has 0 radical (unpaired) electrons. The van der Waals surface area contributed by atoms with Crippen LogP contribution in [0.25, 0.3) is 43.9 Å². The molecule has 0 atom stereocenters. The molecule has 0 saturated heterocycles. The minimum atomic E-state index is -0.900. The summed E-state index contributed by atoms with van der Waals surface area (Å²) < 4.78 is 13.5. The van der Waals surface area contributed by atoms with Crippen LogP contribution in [0.3, 0.4) is 0 Å². The molecule has 0 N–H and O–H groups in total. The third kappa shape index (κ3) is 7.14. The molecule has 19 rings (SSSR count). The average Bonchev–Trinajstić information content (AvgIpc) is 1.20. The summed E-state index contributed by atoms with van der Waals surface area (Å²) in [5.74, 6) is 0. The molecule has 0 fully saturated rings. The zero-order chi connectivity index (χ0) is 59.1. The molecule has 4 aromatic heterocycles. The smallest absolute Gasteiger partial charge is 0.137 e. The van der Waals surface area contributed by atoms with Gasteiger partial charge in [0, 0.05) is 66.2 Å². The predicted molar refractivity (Wildman–Crippen MR) is 373 cm³/mol. The van der Waals surface area contributed by atoms with E-state index in [0.717, 1.165) is 111 Å². The van der Waals surface area contributed by atoms with Gasteiger partial charge in [-0.3, -0.25) is 0 Å². The van der Waals surface area contributed by atoms with Crippen molar-refractivity contribution in [3.8, 4) is 0 Å². The molecule has 0 amide bonds. The van der Waals surface area contributed by atoms with Crippen LogP contribution in [0.15, 0.2) is 324 Å². The number of para-hydroxylation sites is 10. The molecule has 0 unspecified atom stereocenters. The van der Waals surface area contributed by atoms with Gasteiger partial charge in [0.25, 0.3) is 0 Å². The zero-order valence-electron chi connectivity index (χ0n) is 48.4. The first kappa shape index (κ1) is 50.9. The van der Waals surface area contributed by atoms with Crippen molar-refractivity contribution in [2.24, 2.45) is 0 Å². The van der Waals surface area contributed by atoms with Crippen molar-refractivity contribution < 1.29 is 8.83 Å². The SMILES string of the molecule is c1ccc(N(c2ccc3c(c2)oc2ccccc23)c2cc3c(s2)C2(c4ccccc4N(c4ccccc4)c4ccccc42)c2cc(N(c4ccccc4)c4ccc5c(c4)oc4ccccc45)sc2C32c3ccccc3N(c3ccccc3)c3ccccc32)cc1. The molecule has 2 aliphatic heterocycles. The maximum Gasteiger partial charge on any atom is 0.137 e.